The van der Waals surface area contributed by atoms with Crippen LogP contribution in [0, 0.1) is 0 Å². The van der Waals surface area contributed by atoms with Gasteiger partial charge >= 0.3 is 0 Å². The van der Waals surface area contributed by atoms with E-state index < -0.39 is 0 Å². The molecule has 1 saturated carbocycles. The van der Waals surface area contributed by atoms with E-state index in [1.807, 2.05) is 0 Å². The summed E-state index contributed by atoms with van der Waals surface area (Å²) >= 11 is 0. The first-order chi connectivity index (χ1) is 10.0. The fraction of sp³-hybridized carbons (Fsp3) is 1.00. The highest BCUT2D eigenvalue weighted by molar-refractivity contribution is 4.93. The molecule has 3 nitrogen and oxygen atoms in total. The number of likely N-dealkylation sites (N-methyl/N-ethyl adjacent to an activating group) is 1. The lowest BCUT2D eigenvalue weighted by atomic mass is 9.80. The number of hydrogen-bond acceptors (Lipinski definition) is 3. The molecule has 0 amide bonds. The fourth-order valence-electron chi connectivity index (χ4n) is 4.17. The molecule has 0 aromatic rings. The average molecular weight is 296 g/mol. The monoisotopic (exact) mass is 295 g/mol. The van der Waals surface area contributed by atoms with Crippen molar-refractivity contribution in [2.45, 2.75) is 82.8 Å². The average Bonchev–Trinajstić information content (AvgIpc) is 2.71. The van der Waals surface area contributed by atoms with Gasteiger partial charge in [0.05, 0.1) is 0 Å². The minimum atomic E-state index is 0.419. The predicted molar refractivity (Wildman–Crippen MR) is 91.9 cm³/mol. The smallest absolute Gasteiger partial charge is 0.0327 e. The number of nitrogens with one attached hydrogen (secondary N) is 1. The molecule has 1 aliphatic carbocycles. The van der Waals surface area contributed by atoms with Gasteiger partial charge in [-0.3, -0.25) is 0 Å². The van der Waals surface area contributed by atoms with Gasteiger partial charge in [-0.05, 0) is 73.1 Å². The maximum absolute atomic E-state index is 3.94. The predicted octanol–water partition coefficient (Wildman–Crippen LogP) is 3.10. The zero-order valence-corrected chi connectivity index (χ0v) is 14.8. The van der Waals surface area contributed by atoms with Crippen LogP contribution in [0.3, 0.4) is 0 Å². The van der Waals surface area contributed by atoms with Gasteiger partial charge in [-0.25, -0.2) is 0 Å². The second kappa shape index (κ2) is 7.94. The first kappa shape index (κ1) is 17.2. The second-order valence-electron chi connectivity index (χ2n) is 7.82. The van der Waals surface area contributed by atoms with Crippen LogP contribution in [-0.4, -0.2) is 61.2 Å². The van der Waals surface area contributed by atoms with Crippen LogP contribution in [0.5, 0.6) is 0 Å². The summed E-state index contributed by atoms with van der Waals surface area (Å²) in [6, 6.07) is 1.43. The summed E-state index contributed by atoms with van der Waals surface area (Å²) in [4.78, 5) is 5.14. The van der Waals surface area contributed by atoms with E-state index in [1.54, 1.807) is 0 Å². The van der Waals surface area contributed by atoms with Crippen molar-refractivity contribution < 1.29 is 0 Å². The van der Waals surface area contributed by atoms with Crippen molar-refractivity contribution in [3.8, 4) is 0 Å². The standard InChI is InChI=1S/C18H37N3/c1-16(2)21-13-8-9-17(10-14-21)19-15-18(20(3)4)11-6-5-7-12-18/h16-17,19H,5-15H2,1-4H3. The van der Waals surface area contributed by atoms with Crippen LogP contribution < -0.4 is 5.32 Å². The van der Waals surface area contributed by atoms with Gasteiger partial charge in [-0.1, -0.05) is 19.3 Å². The largest absolute Gasteiger partial charge is 0.312 e. The van der Waals surface area contributed by atoms with Crippen molar-refractivity contribution in [2.75, 3.05) is 33.7 Å². The zero-order valence-electron chi connectivity index (χ0n) is 14.8. The van der Waals surface area contributed by atoms with Gasteiger partial charge in [0.1, 0.15) is 0 Å². The topological polar surface area (TPSA) is 18.5 Å². The third-order valence-electron chi connectivity index (χ3n) is 5.95. The summed E-state index contributed by atoms with van der Waals surface area (Å²) in [6.07, 6.45) is 11.0. The molecule has 0 radical (unpaired) electrons. The van der Waals surface area contributed by atoms with Crippen LogP contribution in [0.4, 0.5) is 0 Å². The molecule has 1 atom stereocenters. The van der Waals surface area contributed by atoms with Crippen LogP contribution in [-0.2, 0) is 0 Å². The molecule has 2 rings (SSSR count). The quantitative estimate of drug-likeness (QED) is 0.841. The van der Waals surface area contributed by atoms with Crippen LogP contribution in [0.1, 0.15) is 65.2 Å². The van der Waals surface area contributed by atoms with Gasteiger partial charge < -0.3 is 15.1 Å². The van der Waals surface area contributed by atoms with E-state index in [4.69, 9.17) is 0 Å². The van der Waals surface area contributed by atoms with Crippen molar-refractivity contribution in [1.29, 1.82) is 0 Å². The third kappa shape index (κ3) is 4.67. The lowest BCUT2D eigenvalue weighted by Crippen LogP contribution is -2.54. The van der Waals surface area contributed by atoms with Gasteiger partial charge in [0.15, 0.2) is 0 Å². The van der Waals surface area contributed by atoms with Gasteiger partial charge in [0.2, 0.25) is 0 Å². The molecule has 3 heteroatoms. The third-order valence-corrected chi connectivity index (χ3v) is 5.95. The molecule has 1 N–H and O–H groups in total. The Morgan fingerprint density at radius 2 is 1.76 bits per heavy atom. The van der Waals surface area contributed by atoms with E-state index in [9.17, 15) is 0 Å². The van der Waals surface area contributed by atoms with Crippen LogP contribution >= 0.6 is 0 Å². The number of hydrogen-bond donors (Lipinski definition) is 1. The molecule has 0 bridgehead atoms. The molecule has 2 aliphatic rings. The highest BCUT2D eigenvalue weighted by Gasteiger charge is 2.34. The molecule has 1 aliphatic heterocycles. The lowest BCUT2D eigenvalue weighted by molar-refractivity contribution is 0.0942. The molecule has 1 saturated heterocycles. The Kier molecular flexibility index (Phi) is 6.51. The Balaban J connectivity index is 1.83. The first-order valence-corrected chi connectivity index (χ1v) is 9.18. The second-order valence-corrected chi connectivity index (χ2v) is 7.82. The van der Waals surface area contributed by atoms with E-state index >= 15 is 0 Å². The van der Waals surface area contributed by atoms with Crippen molar-refractivity contribution in [3.63, 3.8) is 0 Å². The normalized spacial score (nSPS) is 28.0. The number of likely N-dealkylation sites (tertiary alicyclic amines) is 1. The van der Waals surface area contributed by atoms with E-state index in [2.05, 4.69) is 43.1 Å². The molecule has 0 aromatic heterocycles. The number of rotatable bonds is 5. The molecular weight excluding hydrogens is 258 g/mol. The molecule has 1 unspecified atom stereocenters. The van der Waals surface area contributed by atoms with Crippen LogP contribution in [0.15, 0.2) is 0 Å². The Morgan fingerprint density at radius 1 is 1.05 bits per heavy atom. The van der Waals surface area contributed by atoms with Crippen molar-refractivity contribution in [2.24, 2.45) is 0 Å². The van der Waals surface area contributed by atoms with Gasteiger partial charge in [0, 0.05) is 24.2 Å². The minimum absolute atomic E-state index is 0.419. The van der Waals surface area contributed by atoms with Crippen molar-refractivity contribution in [1.82, 2.24) is 15.1 Å². The molecule has 1 heterocycles. The highest BCUT2D eigenvalue weighted by Crippen LogP contribution is 2.32. The molecule has 2 fully saturated rings. The van der Waals surface area contributed by atoms with E-state index in [0.29, 0.717) is 11.6 Å². The summed E-state index contributed by atoms with van der Waals surface area (Å²) < 4.78 is 0. The van der Waals surface area contributed by atoms with E-state index in [1.165, 1.54) is 71.0 Å². The summed E-state index contributed by atoms with van der Waals surface area (Å²) in [5.41, 5.74) is 0.419. The van der Waals surface area contributed by atoms with E-state index in [0.717, 1.165) is 6.04 Å². The van der Waals surface area contributed by atoms with Gasteiger partial charge in [0.25, 0.3) is 0 Å². The molecule has 0 spiro atoms. The first-order valence-electron chi connectivity index (χ1n) is 9.18. The Morgan fingerprint density at radius 3 is 2.38 bits per heavy atom. The summed E-state index contributed by atoms with van der Waals surface area (Å²) in [5.74, 6) is 0. The van der Waals surface area contributed by atoms with Crippen LogP contribution in [0.2, 0.25) is 0 Å². The molecular formula is C18H37N3. The van der Waals surface area contributed by atoms with Crippen molar-refractivity contribution in [3.05, 3.63) is 0 Å². The fourth-order valence-corrected chi connectivity index (χ4v) is 4.17. The zero-order chi connectivity index (χ0) is 15.3. The summed E-state index contributed by atoms with van der Waals surface area (Å²) in [7, 11) is 4.56. The van der Waals surface area contributed by atoms with E-state index in [-0.39, 0.29) is 0 Å². The Hall–Kier alpha value is -0.120. The molecule has 124 valence electrons. The molecule has 0 aromatic carbocycles. The summed E-state index contributed by atoms with van der Waals surface area (Å²) in [5, 5.41) is 3.94. The van der Waals surface area contributed by atoms with Gasteiger partial charge in [-0.2, -0.15) is 0 Å². The Labute approximate surface area is 132 Å². The SMILES string of the molecule is CC(C)N1CCCC(NCC2(N(C)C)CCCCC2)CC1. The maximum atomic E-state index is 3.94. The van der Waals surface area contributed by atoms with Crippen LogP contribution in [0.25, 0.3) is 0 Å². The van der Waals surface area contributed by atoms with Gasteiger partial charge in [-0.15, -0.1) is 0 Å². The Bertz CT molecular complexity index is 295. The number of nitrogens with zero attached hydrogens (tertiary/aromatic N) is 2. The highest BCUT2D eigenvalue weighted by atomic mass is 15.2. The van der Waals surface area contributed by atoms with Crippen molar-refractivity contribution >= 4 is 0 Å². The summed E-state index contributed by atoms with van der Waals surface area (Å²) in [6.45, 7) is 8.40. The maximum Gasteiger partial charge on any atom is 0.0327 e. The minimum Gasteiger partial charge on any atom is -0.312 e. The lowest BCUT2D eigenvalue weighted by Gasteiger charge is -2.44. The molecule has 21 heavy (non-hydrogen) atoms.